The van der Waals surface area contributed by atoms with Gasteiger partial charge in [0.1, 0.15) is 5.78 Å². The fourth-order valence-electron chi connectivity index (χ4n) is 1.39. The SMILES string of the molecule is CCCCC1=CCC(=O)CC1. The minimum atomic E-state index is 0.408. The molecule has 0 aromatic rings. The van der Waals surface area contributed by atoms with Gasteiger partial charge in [0.2, 0.25) is 0 Å². The largest absolute Gasteiger partial charge is 0.299 e. The second-order valence-electron chi connectivity index (χ2n) is 3.21. The molecule has 0 unspecified atom stereocenters. The first-order valence-corrected chi connectivity index (χ1v) is 4.52. The van der Waals surface area contributed by atoms with Crippen molar-refractivity contribution >= 4 is 5.78 Å². The van der Waals surface area contributed by atoms with Crippen LogP contribution in [0.25, 0.3) is 0 Å². The molecule has 0 saturated heterocycles. The minimum absolute atomic E-state index is 0.408. The second-order valence-corrected chi connectivity index (χ2v) is 3.21. The van der Waals surface area contributed by atoms with E-state index < -0.39 is 0 Å². The third-order valence-electron chi connectivity index (χ3n) is 2.19. The third kappa shape index (κ3) is 2.87. The highest BCUT2D eigenvalue weighted by molar-refractivity contribution is 5.81. The molecule has 0 amide bonds. The summed E-state index contributed by atoms with van der Waals surface area (Å²) in [6.45, 7) is 2.20. The summed E-state index contributed by atoms with van der Waals surface area (Å²) in [6.07, 6.45) is 8.38. The van der Waals surface area contributed by atoms with E-state index in [0.29, 0.717) is 12.2 Å². The van der Waals surface area contributed by atoms with Crippen molar-refractivity contribution in [3.8, 4) is 0 Å². The average Bonchev–Trinajstić information content (AvgIpc) is 2.04. The van der Waals surface area contributed by atoms with Crippen LogP contribution in [0.2, 0.25) is 0 Å². The van der Waals surface area contributed by atoms with Gasteiger partial charge in [0.05, 0.1) is 0 Å². The molecule has 0 spiro atoms. The molecule has 11 heavy (non-hydrogen) atoms. The molecule has 1 heteroatoms. The lowest BCUT2D eigenvalue weighted by atomic mass is 9.95. The topological polar surface area (TPSA) is 17.1 Å². The lowest BCUT2D eigenvalue weighted by molar-refractivity contribution is -0.118. The van der Waals surface area contributed by atoms with Crippen LogP contribution in [-0.2, 0) is 4.79 Å². The Balaban J connectivity index is 2.29. The molecular weight excluding hydrogens is 136 g/mol. The molecule has 0 aromatic carbocycles. The molecule has 0 atom stereocenters. The first kappa shape index (κ1) is 8.51. The van der Waals surface area contributed by atoms with Crippen LogP contribution in [0.4, 0.5) is 0 Å². The van der Waals surface area contributed by atoms with Gasteiger partial charge < -0.3 is 0 Å². The number of allylic oxidation sites excluding steroid dienone is 2. The van der Waals surface area contributed by atoms with Crippen molar-refractivity contribution in [2.24, 2.45) is 0 Å². The van der Waals surface area contributed by atoms with E-state index >= 15 is 0 Å². The number of unbranched alkanes of at least 4 members (excludes halogenated alkanes) is 1. The van der Waals surface area contributed by atoms with Crippen molar-refractivity contribution in [2.45, 2.75) is 45.4 Å². The number of ketones is 1. The zero-order valence-electron chi connectivity index (χ0n) is 7.23. The Morgan fingerprint density at radius 2 is 2.27 bits per heavy atom. The van der Waals surface area contributed by atoms with E-state index in [1.54, 1.807) is 0 Å². The molecule has 1 nitrogen and oxygen atoms in total. The molecule has 0 aromatic heterocycles. The smallest absolute Gasteiger partial charge is 0.136 e. The van der Waals surface area contributed by atoms with Crippen LogP contribution < -0.4 is 0 Å². The molecule has 1 rings (SSSR count). The molecule has 62 valence electrons. The predicted molar refractivity (Wildman–Crippen MR) is 46.5 cm³/mol. The summed E-state index contributed by atoms with van der Waals surface area (Å²) in [7, 11) is 0. The van der Waals surface area contributed by atoms with Crippen LogP contribution in [0.5, 0.6) is 0 Å². The Labute approximate surface area is 68.5 Å². The van der Waals surface area contributed by atoms with Gasteiger partial charge in [0.25, 0.3) is 0 Å². The van der Waals surface area contributed by atoms with Gasteiger partial charge in [-0.05, 0) is 19.3 Å². The summed E-state index contributed by atoms with van der Waals surface area (Å²) in [5.74, 6) is 0.408. The van der Waals surface area contributed by atoms with Crippen LogP contribution in [-0.4, -0.2) is 5.78 Å². The Morgan fingerprint density at radius 3 is 2.82 bits per heavy atom. The van der Waals surface area contributed by atoms with E-state index in [1.807, 2.05) is 0 Å². The Bertz CT molecular complexity index is 168. The maximum atomic E-state index is 10.8. The summed E-state index contributed by atoms with van der Waals surface area (Å²) in [4.78, 5) is 10.8. The Morgan fingerprint density at radius 1 is 1.45 bits per heavy atom. The maximum Gasteiger partial charge on any atom is 0.136 e. The zero-order chi connectivity index (χ0) is 8.10. The number of rotatable bonds is 3. The van der Waals surface area contributed by atoms with Gasteiger partial charge in [-0.3, -0.25) is 4.79 Å². The normalized spacial score (nSPS) is 18.3. The van der Waals surface area contributed by atoms with E-state index in [-0.39, 0.29) is 0 Å². The van der Waals surface area contributed by atoms with Crippen molar-refractivity contribution in [3.63, 3.8) is 0 Å². The monoisotopic (exact) mass is 152 g/mol. The van der Waals surface area contributed by atoms with Crippen LogP contribution in [0.15, 0.2) is 11.6 Å². The van der Waals surface area contributed by atoms with E-state index in [4.69, 9.17) is 0 Å². The summed E-state index contributed by atoms with van der Waals surface area (Å²) >= 11 is 0. The molecule has 1 aliphatic carbocycles. The highest BCUT2D eigenvalue weighted by Gasteiger charge is 2.08. The van der Waals surface area contributed by atoms with E-state index in [2.05, 4.69) is 13.0 Å². The first-order chi connectivity index (χ1) is 5.33. The summed E-state index contributed by atoms with van der Waals surface area (Å²) < 4.78 is 0. The summed E-state index contributed by atoms with van der Waals surface area (Å²) in [5.41, 5.74) is 1.51. The van der Waals surface area contributed by atoms with Crippen molar-refractivity contribution in [3.05, 3.63) is 11.6 Å². The highest BCUT2D eigenvalue weighted by atomic mass is 16.1. The Hall–Kier alpha value is -0.590. The number of hydrogen-bond donors (Lipinski definition) is 0. The molecule has 0 saturated carbocycles. The van der Waals surface area contributed by atoms with Crippen molar-refractivity contribution in [1.82, 2.24) is 0 Å². The van der Waals surface area contributed by atoms with Crippen LogP contribution in [0.1, 0.15) is 45.4 Å². The minimum Gasteiger partial charge on any atom is -0.299 e. The lowest BCUT2D eigenvalue weighted by Gasteiger charge is -2.10. The fourth-order valence-corrected chi connectivity index (χ4v) is 1.39. The predicted octanol–water partition coefficient (Wildman–Crippen LogP) is 2.86. The zero-order valence-corrected chi connectivity index (χ0v) is 7.23. The fraction of sp³-hybridized carbons (Fsp3) is 0.700. The standard InChI is InChI=1S/C10H16O/c1-2-3-4-9-5-7-10(11)8-6-9/h5H,2-4,6-8H2,1H3. The number of Topliss-reactive ketones (excluding diaryl/α,β-unsaturated/α-hetero) is 1. The van der Waals surface area contributed by atoms with E-state index in [1.165, 1.54) is 24.8 Å². The van der Waals surface area contributed by atoms with Gasteiger partial charge in [0, 0.05) is 12.8 Å². The van der Waals surface area contributed by atoms with Crippen LogP contribution in [0.3, 0.4) is 0 Å². The van der Waals surface area contributed by atoms with Crippen molar-refractivity contribution < 1.29 is 4.79 Å². The molecule has 0 N–H and O–H groups in total. The quantitative estimate of drug-likeness (QED) is 0.568. The summed E-state index contributed by atoms with van der Waals surface area (Å²) in [5, 5.41) is 0. The van der Waals surface area contributed by atoms with Crippen LogP contribution in [0, 0.1) is 0 Å². The average molecular weight is 152 g/mol. The first-order valence-electron chi connectivity index (χ1n) is 4.52. The molecule has 0 bridgehead atoms. The Kier molecular flexibility index (Phi) is 3.34. The highest BCUT2D eigenvalue weighted by Crippen LogP contribution is 2.19. The number of carbonyl (C=O) groups is 1. The number of hydrogen-bond acceptors (Lipinski definition) is 1. The molecule has 0 aliphatic heterocycles. The number of carbonyl (C=O) groups excluding carboxylic acids is 1. The molecular formula is C10H16O. The maximum absolute atomic E-state index is 10.8. The van der Waals surface area contributed by atoms with Crippen molar-refractivity contribution in [2.75, 3.05) is 0 Å². The second kappa shape index (κ2) is 4.32. The van der Waals surface area contributed by atoms with Gasteiger partial charge in [-0.25, -0.2) is 0 Å². The van der Waals surface area contributed by atoms with Gasteiger partial charge in [0.15, 0.2) is 0 Å². The molecule has 0 radical (unpaired) electrons. The van der Waals surface area contributed by atoms with E-state index in [9.17, 15) is 4.79 Å². The molecule has 1 aliphatic rings. The van der Waals surface area contributed by atoms with Crippen LogP contribution >= 0.6 is 0 Å². The lowest BCUT2D eigenvalue weighted by Crippen LogP contribution is -2.03. The third-order valence-corrected chi connectivity index (χ3v) is 2.19. The van der Waals surface area contributed by atoms with E-state index in [0.717, 1.165) is 12.8 Å². The molecule has 0 heterocycles. The van der Waals surface area contributed by atoms with Gasteiger partial charge in [-0.1, -0.05) is 25.0 Å². The van der Waals surface area contributed by atoms with Crippen molar-refractivity contribution in [1.29, 1.82) is 0 Å². The summed E-state index contributed by atoms with van der Waals surface area (Å²) in [6, 6.07) is 0. The molecule has 0 fully saturated rings. The van der Waals surface area contributed by atoms with Gasteiger partial charge >= 0.3 is 0 Å². The van der Waals surface area contributed by atoms with Gasteiger partial charge in [-0.2, -0.15) is 0 Å². The van der Waals surface area contributed by atoms with Gasteiger partial charge in [-0.15, -0.1) is 0 Å².